The number of methoxy groups -OCH3 is 1. The Hall–Kier alpha value is -2.76. The Bertz CT molecular complexity index is 1120. The van der Waals surface area contributed by atoms with Crippen LogP contribution >= 0.6 is 23.8 Å². The van der Waals surface area contributed by atoms with E-state index in [2.05, 4.69) is 10.6 Å². The minimum absolute atomic E-state index is 0.432. The molecule has 0 amide bonds. The van der Waals surface area contributed by atoms with Crippen molar-refractivity contribution in [2.45, 2.75) is 0 Å². The van der Waals surface area contributed by atoms with Gasteiger partial charge in [-0.2, -0.15) is 0 Å². The van der Waals surface area contributed by atoms with Crippen molar-refractivity contribution in [3.05, 3.63) is 65.7 Å². The maximum atomic E-state index is 6.00. The lowest BCUT2D eigenvalue weighted by Crippen LogP contribution is -2.19. The Balaban J connectivity index is 1.66. The van der Waals surface area contributed by atoms with Crippen molar-refractivity contribution >= 4 is 62.2 Å². The fourth-order valence-corrected chi connectivity index (χ4v) is 3.29. The molecule has 0 radical (unpaired) electrons. The highest BCUT2D eigenvalue weighted by Gasteiger charge is 2.13. The van der Waals surface area contributed by atoms with Crippen LogP contribution in [0.15, 0.2) is 65.1 Å². The number of furan rings is 1. The summed E-state index contributed by atoms with van der Waals surface area (Å²) in [6.07, 6.45) is 0. The highest BCUT2D eigenvalue weighted by Crippen LogP contribution is 2.36. The van der Waals surface area contributed by atoms with E-state index in [0.717, 1.165) is 33.3 Å². The Kier molecular flexibility index (Phi) is 4.41. The molecule has 130 valence electrons. The van der Waals surface area contributed by atoms with Crippen LogP contribution in [0.25, 0.3) is 21.9 Å². The summed E-state index contributed by atoms with van der Waals surface area (Å²) in [5.41, 5.74) is 3.12. The molecule has 26 heavy (non-hydrogen) atoms. The standard InChI is InChI=1S/C20H15ClN2O2S/c1-24-19-10-15-14-7-2-3-8-17(14)25-18(15)11-16(19)23-20(26)22-13-6-4-5-12(21)9-13/h2-11H,1H3,(H2,22,23,26). The SMILES string of the molecule is COc1cc2c(cc1NC(=S)Nc1cccc(Cl)c1)oc1ccccc12. The molecule has 4 rings (SSSR count). The second kappa shape index (κ2) is 6.86. The summed E-state index contributed by atoms with van der Waals surface area (Å²) >= 11 is 11.4. The van der Waals surface area contributed by atoms with Crippen LogP contribution < -0.4 is 15.4 Å². The molecular formula is C20H15ClN2O2S. The van der Waals surface area contributed by atoms with E-state index < -0.39 is 0 Å². The third-order valence-electron chi connectivity index (χ3n) is 4.03. The van der Waals surface area contributed by atoms with Gasteiger partial charge >= 0.3 is 0 Å². The summed E-state index contributed by atoms with van der Waals surface area (Å²) in [5.74, 6) is 0.680. The number of thiocarbonyl (C=S) groups is 1. The summed E-state index contributed by atoms with van der Waals surface area (Å²) in [6.45, 7) is 0. The minimum atomic E-state index is 0.432. The Labute approximate surface area is 160 Å². The number of halogens is 1. The molecule has 4 aromatic rings. The van der Waals surface area contributed by atoms with E-state index >= 15 is 0 Å². The predicted octanol–water partition coefficient (Wildman–Crippen LogP) is 6.06. The highest BCUT2D eigenvalue weighted by atomic mass is 35.5. The van der Waals surface area contributed by atoms with E-state index in [1.807, 2.05) is 54.6 Å². The first-order valence-electron chi connectivity index (χ1n) is 7.97. The van der Waals surface area contributed by atoms with Crippen LogP contribution in [0.3, 0.4) is 0 Å². The van der Waals surface area contributed by atoms with Crippen LogP contribution in [0.2, 0.25) is 5.02 Å². The van der Waals surface area contributed by atoms with Crippen LogP contribution in [0, 0.1) is 0 Å². The first-order valence-corrected chi connectivity index (χ1v) is 8.75. The lowest BCUT2D eigenvalue weighted by Gasteiger charge is -2.13. The molecule has 2 N–H and O–H groups in total. The van der Waals surface area contributed by atoms with Crippen LogP contribution in [0.4, 0.5) is 11.4 Å². The molecule has 1 aromatic heterocycles. The van der Waals surface area contributed by atoms with E-state index in [9.17, 15) is 0 Å². The van der Waals surface area contributed by atoms with Gasteiger partial charge in [-0.05, 0) is 42.5 Å². The van der Waals surface area contributed by atoms with E-state index in [0.29, 0.717) is 15.9 Å². The van der Waals surface area contributed by atoms with Gasteiger partial charge in [0.05, 0.1) is 12.8 Å². The molecule has 0 saturated heterocycles. The largest absolute Gasteiger partial charge is 0.495 e. The topological polar surface area (TPSA) is 46.4 Å². The van der Waals surface area contributed by atoms with Crippen LogP contribution in [0.1, 0.15) is 0 Å². The number of ether oxygens (including phenoxy) is 1. The molecule has 6 heteroatoms. The van der Waals surface area contributed by atoms with Crippen molar-refractivity contribution in [2.24, 2.45) is 0 Å². The van der Waals surface area contributed by atoms with Crippen molar-refractivity contribution in [3.63, 3.8) is 0 Å². The second-order valence-corrected chi connectivity index (χ2v) is 6.58. The van der Waals surface area contributed by atoms with Gasteiger partial charge in [0.1, 0.15) is 16.9 Å². The zero-order valence-corrected chi connectivity index (χ0v) is 15.4. The number of para-hydroxylation sites is 1. The van der Waals surface area contributed by atoms with Gasteiger partial charge in [0.2, 0.25) is 0 Å². The van der Waals surface area contributed by atoms with Gasteiger partial charge in [-0.1, -0.05) is 35.9 Å². The quantitative estimate of drug-likeness (QED) is 0.422. The predicted molar refractivity (Wildman–Crippen MR) is 112 cm³/mol. The minimum Gasteiger partial charge on any atom is -0.495 e. The number of anilines is 2. The first kappa shape index (κ1) is 16.7. The van der Waals surface area contributed by atoms with E-state index in [1.54, 1.807) is 13.2 Å². The molecule has 0 aliphatic rings. The summed E-state index contributed by atoms with van der Waals surface area (Å²) in [6, 6.07) is 19.1. The summed E-state index contributed by atoms with van der Waals surface area (Å²) in [5, 5.41) is 9.38. The molecule has 3 aromatic carbocycles. The van der Waals surface area contributed by atoms with Crippen molar-refractivity contribution in [1.29, 1.82) is 0 Å². The molecule has 0 spiro atoms. The number of rotatable bonds is 3. The Morgan fingerprint density at radius 3 is 2.62 bits per heavy atom. The fourth-order valence-electron chi connectivity index (χ4n) is 2.87. The molecule has 0 bridgehead atoms. The van der Waals surface area contributed by atoms with Crippen LogP contribution in [-0.4, -0.2) is 12.2 Å². The number of hydrogen-bond donors (Lipinski definition) is 2. The summed E-state index contributed by atoms with van der Waals surface area (Å²) in [7, 11) is 1.63. The molecule has 1 heterocycles. The first-order chi connectivity index (χ1) is 12.6. The van der Waals surface area contributed by atoms with Gasteiger partial charge in [-0.3, -0.25) is 0 Å². The van der Waals surface area contributed by atoms with Gasteiger partial charge < -0.3 is 19.8 Å². The number of nitrogens with one attached hydrogen (secondary N) is 2. The van der Waals surface area contributed by atoms with Gasteiger partial charge in [0.15, 0.2) is 5.11 Å². The zero-order valence-electron chi connectivity index (χ0n) is 13.9. The van der Waals surface area contributed by atoms with Crippen molar-refractivity contribution < 1.29 is 9.15 Å². The Morgan fingerprint density at radius 1 is 0.962 bits per heavy atom. The average Bonchev–Trinajstić information content (AvgIpc) is 2.98. The van der Waals surface area contributed by atoms with Crippen molar-refractivity contribution in [3.8, 4) is 5.75 Å². The maximum absolute atomic E-state index is 6.00. The molecule has 0 fully saturated rings. The number of hydrogen-bond acceptors (Lipinski definition) is 3. The fraction of sp³-hybridized carbons (Fsp3) is 0.0500. The lowest BCUT2D eigenvalue weighted by molar-refractivity contribution is 0.417. The third-order valence-corrected chi connectivity index (χ3v) is 4.47. The number of fused-ring (bicyclic) bond motifs is 3. The second-order valence-electron chi connectivity index (χ2n) is 5.74. The van der Waals surface area contributed by atoms with Gasteiger partial charge in [0.25, 0.3) is 0 Å². The van der Waals surface area contributed by atoms with Crippen molar-refractivity contribution in [1.82, 2.24) is 0 Å². The molecule has 0 unspecified atom stereocenters. The number of benzene rings is 3. The lowest BCUT2D eigenvalue weighted by atomic mass is 10.1. The molecule has 0 atom stereocenters. The van der Waals surface area contributed by atoms with E-state index in [-0.39, 0.29) is 0 Å². The zero-order chi connectivity index (χ0) is 18.1. The summed E-state index contributed by atoms with van der Waals surface area (Å²) in [4.78, 5) is 0. The van der Waals surface area contributed by atoms with Crippen molar-refractivity contribution in [2.75, 3.05) is 17.7 Å². The smallest absolute Gasteiger partial charge is 0.175 e. The summed E-state index contributed by atoms with van der Waals surface area (Å²) < 4.78 is 11.5. The van der Waals surface area contributed by atoms with Crippen LogP contribution in [-0.2, 0) is 0 Å². The molecule has 0 aliphatic heterocycles. The molecule has 4 nitrogen and oxygen atoms in total. The third kappa shape index (κ3) is 3.19. The van der Waals surface area contributed by atoms with Gasteiger partial charge in [-0.15, -0.1) is 0 Å². The molecule has 0 aliphatic carbocycles. The normalized spacial score (nSPS) is 10.8. The van der Waals surface area contributed by atoms with E-state index in [1.165, 1.54) is 0 Å². The average molecular weight is 383 g/mol. The van der Waals surface area contributed by atoms with Crippen LogP contribution in [0.5, 0.6) is 5.75 Å². The molecular weight excluding hydrogens is 368 g/mol. The van der Waals surface area contributed by atoms with Gasteiger partial charge in [-0.25, -0.2) is 0 Å². The van der Waals surface area contributed by atoms with Gasteiger partial charge in [0, 0.05) is 27.5 Å². The highest BCUT2D eigenvalue weighted by molar-refractivity contribution is 7.80. The molecule has 0 saturated carbocycles. The maximum Gasteiger partial charge on any atom is 0.175 e. The van der Waals surface area contributed by atoms with E-state index in [4.69, 9.17) is 33.0 Å². The Morgan fingerprint density at radius 2 is 1.81 bits per heavy atom. The monoisotopic (exact) mass is 382 g/mol.